The van der Waals surface area contributed by atoms with Gasteiger partial charge in [-0.2, -0.15) is 0 Å². The number of carbonyl (C=O) groups is 6. The van der Waals surface area contributed by atoms with Crippen LogP contribution in [-0.2, 0) is 19.4 Å². The van der Waals surface area contributed by atoms with Crippen molar-refractivity contribution in [3.63, 3.8) is 0 Å². The fourth-order valence-electron chi connectivity index (χ4n) is 6.23. The first kappa shape index (κ1) is 47.8. The van der Waals surface area contributed by atoms with E-state index in [1.54, 1.807) is 0 Å². The minimum atomic E-state index is -1.17. The molecule has 0 atom stereocenters. The lowest BCUT2D eigenvalue weighted by atomic mass is 10.0. The molecule has 10 nitrogen and oxygen atoms in total. The van der Waals surface area contributed by atoms with Crippen LogP contribution in [0.2, 0.25) is 0 Å². The molecular formula is C46H66O10. The van der Waals surface area contributed by atoms with Gasteiger partial charge in [0.25, 0.3) is 0 Å². The number of rotatable bonds is 30. The van der Waals surface area contributed by atoms with Gasteiger partial charge in [0.15, 0.2) is 11.6 Å². The minimum Gasteiger partial charge on any atom is -0.426 e. The lowest BCUT2D eigenvalue weighted by Gasteiger charge is -2.13. The van der Waals surface area contributed by atoms with Crippen LogP contribution in [0.5, 0.6) is 11.5 Å². The highest BCUT2D eigenvalue weighted by molar-refractivity contribution is 6.02. The molecule has 0 bridgehead atoms. The summed E-state index contributed by atoms with van der Waals surface area (Å²) in [6, 6.07) is 8.29. The SMILES string of the molecule is CCCCCCCC(=O)Oc1ccc(C(=O)CCCCCCC)cc1C(=O)OOC(=O)c1cc(C(=O)CCCCCCC)ccc1OC(=O)CCCCCCC. The third-order valence-corrected chi connectivity index (χ3v) is 9.67. The molecular weight excluding hydrogens is 712 g/mol. The van der Waals surface area contributed by atoms with E-state index in [1.807, 2.05) is 0 Å². The predicted molar refractivity (Wildman–Crippen MR) is 217 cm³/mol. The van der Waals surface area contributed by atoms with Crippen LogP contribution in [0.25, 0.3) is 0 Å². The molecule has 0 aliphatic carbocycles. The van der Waals surface area contributed by atoms with E-state index in [-0.39, 0.29) is 71.0 Å². The first-order valence-corrected chi connectivity index (χ1v) is 21.3. The summed E-state index contributed by atoms with van der Waals surface area (Å²) >= 11 is 0. The van der Waals surface area contributed by atoms with Gasteiger partial charge in [-0.25, -0.2) is 19.4 Å². The third-order valence-electron chi connectivity index (χ3n) is 9.67. The normalized spacial score (nSPS) is 10.9. The number of Topliss-reactive ketones (excluding diaryl/α,β-unsaturated/α-hetero) is 2. The largest absolute Gasteiger partial charge is 0.426 e. The molecule has 0 radical (unpaired) electrons. The predicted octanol–water partition coefficient (Wildman–Crippen LogP) is 12.2. The summed E-state index contributed by atoms with van der Waals surface area (Å²) in [6.07, 6.45) is 19.6. The smallest absolute Gasteiger partial charge is 0.390 e. The average molecular weight is 779 g/mol. The molecule has 0 unspecified atom stereocenters. The quantitative estimate of drug-likeness (QED) is 0.0188. The molecule has 0 fully saturated rings. The number of benzene rings is 2. The minimum absolute atomic E-state index is 0.135. The number of hydrogen-bond acceptors (Lipinski definition) is 10. The maximum absolute atomic E-state index is 13.5. The lowest BCUT2D eigenvalue weighted by Crippen LogP contribution is -2.17. The van der Waals surface area contributed by atoms with Gasteiger partial charge in [-0.05, 0) is 62.1 Å². The van der Waals surface area contributed by atoms with Crippen molar-refractivity contribution in [3.05, 3.63) is 58.7 Å². The van der Waals surface area contributed by atoms with Crippen LogP contribution in [0.3, 0.4) is 0 Å². The molecule has 0 spiro atoms. The zero-order chi connectivity index (χ0) is 41.0. The fraction of sp³-hybridized carbons (Fsp3) is 0.609. The summed E-state index contributed by atoms with van der Waals surface area (Å²) in [5, 5.41) is 0. The van der Waals surface area contributed by atoms with Crippen LogP contribution in [0.1, 0.15) is 223 Å². The molecule has 0 aromatic heterocycles. The van der Waals surface area contributed by atoms with E-state index in [1.165, 1.54) is 36.4 Å². The van der Waals surface area contributed by atoms with E-state index in [2.05, 4.69) is 27.7 Å². The molecule has 0 N–H and O–H groups in total. The first-order valence-electron chi connectivity index (χ1n) is 21.3. The Labute approximate surface area is 334 Å². The van der Waals surface area contributed by atoms with Crippen LogP contribution in [0.15, 0.2) is 36.4 Å². The Morgan fingerprint density at radius 3 is 1.02 bits per heavy atom. The van der Waals surface area contributed by atoms with Gasteiger partial charge in [0.1, 0.15) is 22.6 Å². The van der Waals surface area contributed by atoms with Gasteiger partial charge < -0.3 is 9.47 Å². The molecule has 10 heteroatoms. The van der Waals surface area contributed by atoms with Gasteiger partial charge in [0.05, 0.1) is 0 Å². The molecule has 0 aliphatic rings. The van der Waals surface area contributed by atoms with Crippen LogP contribution >= 0.6 is 0 Å². The third kappa shape index (κ3) is 19.0. The van der Waals surface area contributed by atoms with Crippen LogP contribution < -0.4 is 9.47 Å². The van der Waals surface area contributed by atoms with Crippen LogP contribution in [-0.4, -0.2) is 35.4 Å². The Morgan fingerprint density at radius 1 is 0.393 bits per heavy atom. The summed E-state index contributed by atoms with van der Waals surface area (Å²) in [4.78, 5) is 88.7. The number of hydrogen-bond donors (Lipinski definition) is 0. The van der Waals surface area contributed by atoms with Gasteiger partial charge in [0, 0.05) is 36.8 Å². The standard InChI is InChI=1S/C46H66O10/c1-5-9-13-17-21-25-39(47)35-29-31-41(53-43(49)27-23-19-15-11-7-3)37(33-35)45(51)55-56-46(52)38-34-36(40(48)26-22-18-14-10-6-2)30-32-42(38)54-44(50)28-24-20-16-12-8-4/h29-34H,5-28H2,1-4H3. The van der Waals surface area contributed by atoms with Gasteiger partial charge in [-0.15, -0.1) is 0 Å². The van der Waals surface area contributed by atoms with Crippen molar-refractivity contribution in [1.82, 2.24) is 0 Å². The van der Waals surface area contributed by atoms with E-state index in [4.69, 9.17) is 19.2 Å². The molecule has 2 rings (SSSR count). The lowest BCUT2D eigenvalue weighted by molar-refractivity contribution is -0.187. The maximum Gasteiger partial charge on any atom is 0.390 e. The molecule has 2 aromatic carbocycles. The Hall–Kier alpha value is -4.34. The van der Waals surface area contributed by atoms with Crippen molar-refractivity contribution in [3.8, 4) is 11.5 Å². The van der Waals surface area contributed by atoms with E-state index < -0.39 is 23.9 Å². The summed E-state index contributed by atoms with van der Waals surface area (Å²) < 4.78 is 11.1. The Morgan fingerprint density at radius 2 is 0.696 bits per heavy atom. The Kier molecular flexibility index (Phi) is 24.7. The molecule has 310 valence electrons. The van der Waals surface area contributed by atoms with Crippen molar-refractivity contribution >= 4 is 35.4 Å². The zero-order valence-electron chi connectivity index (χ0n) is 34.5. The first-order chi connectivity index (χ1) is 27.1. The summed E-state index contributed by atoms with van der Waals surface area (Å²) in [5.74, 6) is -4.10. The number of esters is 2. The fourth-order valence-corrected chi connectivity index (χ4v) is 6.23. The number of ketones is 2. The number of carbonyl (C=O) groups excluding carboxylic acids is 6. The molecule has 56 heavy (non-hydrogen) atoms. The highest BCUT2D eigenvalue weighted by Crippen LogP contribution is 2.27. The summed E-state index contributed by atoms with van der Waals surface area (Å²) in [6.45, 7) is 8.44. The van der Waals surface area contributed by atoms with Gasteiger partial charge >= 0.3 is 23.9 Å². The summed E-state index contributed by atoms with van der Waals surface area (Å²) in [5.41, 5.74) is -0.0859. The average Bonchev–Trinajstić information content (AvgIpc) is 3.19. The van der Waals surface area contributed by atoms with Crippen LogP contribution in [0, 0.1) is 0 Å². The van der Waals surface area contributed by atoms with E-state index >= 15 is 0 Å². The van der Waals surface area contributed by atoms with Crippen LogP contribution in [0.4, 0.5) is 0 Å². The number of unbranched alkanes of at least 4 members (excludes halogenated alkanes) is 16. The van der Waals surface area contributed by atoms with Gasteiger partial charge in [0.2, 0.25) is 0 Å². The van der Waals surface area contributed by atoms with Crippen molar-refractivity contribution in [2.75, 3.05) is 0 Å². The van der Waals surface area contributed by atoms with Crippen molar-refractivity contribution in [2.24, 2.45) is 0 Å². The number of ether oxygens (including phenoxy) is 2. The second-order valence-electron chi connectivity index (χ2n) is 14.6. The zero-order valence-corrected chi connectivity index (χ0v) is 34.5. The highest BCUT2D eigenvalue weighted by Gasteiger charge is 2.25. The monoisotopic (exact) mass is 778 g/mol. The van der Waals surface area contributed by atoms with Gasteiger partial charge in [-0.1, -0.05) is 130 Å². The summed E-state index contributed by atoms with van der Waals surface area (Å²) in [7, 11) is 0. The molecule has 0 saturated heterocycles. The molecule has 0 aliphatic heterocycles. The maximum atomic E-state index is 13.5. The topological polar surface area (TPSA) is 139 Å². The van der Waals surface area contributed by atoms with Crippen molar-refractivity contribution in [2.45, 2.75) is 182 Å². The van der Waals surface area contributed by atoms with E-state index in [9.17, 15) is 28.8 Å². The second kappa shape index (κ2) is 29.0. The van der Waals surface area contributed by atoms with E-state index in [0.717, 1.165) is 103 Å². The van der Waals surface area contributed by atoms with Gasteiger partial charge in [-0.3, -0.25) is 19.2 Å². The van der Waals surface area contributed by atoms with Crippen molar-refractivity contribution < 1.29 is 48.0 Å². The molecule has 0 heterocycles. The Balaban J connectivity index is 2.29. The molecule has 2 aromatic rings. The highest BCUT2D eigenvalue weighted by atomic mass is 17.2. The second-order valence-corrected chi connectivity index (χ2v) is 14.6. The molecule has 0 saturated carbocycles. The van der Waals surface area contributed by atoms with Crippen molar-refractivity contribution in [1.29, 1.82) is 0 Å². The molecule has 0 amide bonds. The van der Waals surface area contributed by atoms with E-state index in [0.29, 0.717) is 25.7 Å². The Bertz CT molecular complexity index is 1410.